The summed E-state index contributed by atoms with van der Waals surface area (Å²) < 4.78 is 6.81. The molecule has 4 nitrogen and oxygen atoms in total. The van der Waals surface area contributed by atoms with Gasteiger partial charge in [-0.3, -0.25) is 4.79 Å². The molecule has 1 aromatic heterocycles. The largest absolute Gasteiger partial charge is 0.493 e. The van der Waals surface area contributed by atoms with E-state index in [-0.39, 0.29) is 5.91 Å². The van der Waals surface area contributed by atoms with E-state index in [2.05, 4.69) is 29.4 Å². The molecule has 3 aromatic rings. The Morgan fingerprint density at radius 1 is 1.23 bits per heavy atom. The van der Waals surface area contributed by atoms with Gasteiger partial charge in [-0.05, 0) is 48.7 Å². The SMILES string of the molecule is CCC=CCCOc1cccc(CC(=O)Nc2ccc3ncsc3c2)c1. The lowest BCUT2D eigenvalue weighted by Crippen LogP contribution is -2.14. The molecule has 0 spiro atoms. The van der Waals surface area contributed by atoms with Crippen LogP contribution in [0, 0.1) is 0 Å². The zero-order valence-corrected chi connectivity index (χ0v) is 15.6. The standard InChI is InChI=1S/C21H22N2O2S/c1-2-3-4-5-11-25-18-8-6-7-16(12-18)13-21(24)23-17-9-10-19-20(14-17)26-15-22-19/h3-4,6-10,12,14-15H,2,5,11,13H2,1H3,(H,23,24). The molecule has 26 heavy (non-hydrogen) atoms. The first-order valence-electron chi connectivity index (χ1n) is 8.74. The van der Waals surface area contributed by atoms with Crippen molar-refractivity contribution >= 4 is 33.1 Å². The average molecular weight is 366 g/mol. The number of carbonyl (C=O) groups is 1. The van der Waals surface area contributed by atoms with Crippen molar-refractivity contribution in [3.05, 3.63) is 65.7 Å². The first kappa shape index (κ1) is 18.1. The van der Waals surface area contributed by atoms with Gasteiger partial charge in [-0.1, -0.05) is 31.2 Å². The Bertz CT molecular complexity index is 902. The second kappa shape index (κ2) is 9.15. The highest BCUT2D eigenvalue weighted by Gasteiger charge is 2.07. The van der Waals surface area contributed by atoms with Gasteiger partial charge >= 0.3 is 0 Å². The number of hydrogen-bond donors (Lipinski definition) is 1. The van der Waals surface area contributed by atoms with Crippen LogP contribution in [0.1, 0.15) is 25.3 Å². The molecular formula is C21H22N2O2S. The Labute approximate surface area is 157 Å². The number of anilines is 1. The highest BCUT2D eigenvalue weighted by Crippen LogP contribution is 2.22. The molecular weight excluding hydrogens is 344 g/mol. The summed E-state index contributed by atoms with van der Waals surface area (Å²) >= 11 is 1.56. The van der Waals surface area contributed by atoms with Crippen molar-refractivity contribution in [3.63, 3.8) is 0 Å². The van der Waals surface area contributed by atoms with Crippen LogP contribution >= 0.6 is 11.3 Å². The van der Waals surface area contributed by atoms with Crippen LogP contribution in [0.2, 0.25) is 0 Å². The Kier molecular flexibility index (Phi) is 6.39. The summed E-state index contributed by atoms with van der Waals surface area (Å²) in [5.74, 6) is 0.753. The highest BCUT2D eigenvalue weighted by atomic mass is 32.1. The monoisotopic (exact) mass is 366 g/mol. The van der Waals surface area contributed by atoms with Crippen molar-refractivity contribution < 1.29 is 9.53 Å². The Hall–Kier alpha value is -2.66. The molecule has 0 saturated heterocycles. The second-order valence-corrected chi connectivity index (χ2v) is 6.81. The van der Waals surface area contributed by atoms with Crippen LogP contribution in [0.25, 0.3) is 10.2 Å². The van der Waals surface area contributed by atoms with Gasteiger partial charge in [0.15, 0.2) is 0 Å². The van der Waals surface area contributed by atoms with Crippen LogP contribution in [0.4, 0.5) is 5.69 Å². The lowest BCUT2D eigenvalue weighted by molar-refractivity contribution is -0.115. The summed E-state index contributed by atoms with van der Waals surface area (Å²) in [4.78, 5) is 16.6. The smallest absolute Gasteiger partial charge is 0.228 e. The normalized spacial score (nSPS) is 11.1. The third-order valence-corrected chi connectivity index (χ3v) is 4.63. The number of thiazole rings is 1. The molecule has 3 rings (SSSR count). The highest BCUT2D eigenvalue weighted by molar-refractivity contribution is 7.16. The van der Waals surface area contributed by atoms with Crippen molar-refractivity contribution in [3.8, 4) is 5.75 Å². The molecule has 0 fully saturated rings. The van der Waals surface area contributed by atoms with Gasteiger partial charge in [0.1, 0.15) is 5.75 Å². The fraction of sp³-hybridized carbons (Fsp3) is 0.238. The topological polar surface area (TPSA) is 51.2 Å². The molecule has 0 atom stereocenters. The predicted octanol–water partition coefficient (Wildman–Crippen LogP) is 5.21. The van der Waals surface area contributed by atoms with Gasteiger partial charge in [0, 0.05) is 5.69 Å². The number of nitrogens with one attached hydrogen (secondary N) is 1. The summed E-state index contributed by atoms with van der Waals surface area (Å²) in [5, 5.41) is 2.95. The molecule has 0 saturated carbocycles. The number of hydrogen-bond acceptors (Lipinski definition) is 4. The van der Waals surface area contributed by atoms with Crippen molar-refractivity contribution in [2.24, 2.45) is 0 Å². The van der Waals surface area contributed by atoms with Gasteiger partial charge in [-0.2, -0.15) is 0 Å². The molecule has 1 heterocycles. The molecule has 0 aliphatic carbocycles. The first-order valence-corrected chi connectivity index (χ1v) is 9.62. The number of carbonyl (C=O) groups excluding carboxylic acids is 1. The minimum Gasteiger partial charge on any atom is -0.493 e. The van der Waals surface area contributed by atoms with E-state index >= 15 is 0 Å². The minimum atomic E-state index is -0.0445. The maximum Gasteiger partial charge on any atom is 0.228 e. The number of rotatable bonds is 8. The lowest BCUT2D eigenvalue weighted by Gasteiger charge is -2.08. The van der Waals surface area contributed by atoms with Crippen molar-refractivity contribution in [1.82, 2.24) is 4.98 Å². The van der Waals surface area contributed by atoms with Crippen molar-refractivity contribution in [1.29, 1.82) is 0 Å². The van der Waals surface area contributed by atoms with Crippen LogP contribution in [0.3, 0.4) is 0 Å². The minimum absolute atomic E-state index is 0.0445. The molecule has 0 aliphatic heterocycles. The zero-order chi connectivity index (χ0) is 18.2. The molecule has 134 valence electrons. The van der Waals surface area contributed by atoms with Gasteiger partial charge < -0.3 is 10.1 Å². The van der Waals surface area contributed by atoms with Gasteiger partial charge in [0.2, 0.25) is 5.91 Å². The van der Waals surface area contributed by atoms with E-state index in [4.69, 9.17) is 4.74 Å². The number of ether oxygens (including phenoxy) is 1. The number of nitrogens with zero attached hydrogens (tertiary/aromatic N) is 1. The fourth-order valence-corrected chi connectivity index (χ4v) is 3.31. The third kappa shape index (κ3) is 5.17. The molecule has 1 amide bonds. The van der Waals surface area contributed by atoms with Gasteiger partial charge in [-0.25, -0.2) is 4.98 Å². The molecule has 0 bridgehead atoms. The van der Waals surface area contributed by atoms with Crippen LogP contribution in [0.15, 0.2) is 60.1 Å². The maximum atomic E-state index is 12.3. The number of benzene rings is 2. The third-order valence-electron chi connectivity index (χ3n) is 3.83. The maximum absolute atomic E-state index is 12.3. The summed E-state index contributed by atoms with van der Waals surface area (Å²) in [7, 11) is 0. The first-order chi connectivity index (χ1) is 12.7. The number of allylic oxidation sites excluding steroid dienone is 1. The van der Waals surface area contributed by atoms with Crippen molar-refractivity contribution in [2.45, 2.75) is 26.2 Å². The van der Waals surface area contributed by atoms with Gasteiger partial charge in [-0.15, -0.1) is 11.3 Å². The van der Waals surface area contributed by atoms with Crippen molar-refractivity contribution in [2.75, 3.05) is 11.9 Å². The van der Waals surface area contributed by atoms with Crippen LogP contribution < -0.4 is 10.1 Å². The molecule has 0 unspecified atom stereocenters. The van der Waals surface area contributed by atoms with E-state index < -0.39 is 0 Å². The van der Waals surface area contributed by atoms with E-state index in [1.807, 2.05) is 42.5 Å². The average Bonchev–Trinajstić information content (AvgIpc) is 3.09. The summed E-state index contributed by atoms with van der Waals surface area (Å²) in [6.45, 7) is 2.75. The molecule has 0 radical (unpaired) electrons. The van der Waals surface area contributed by atoms with Crippen LogP contribution in [0.5, 0.6) is 5.75 Å². The van der Waals surface area contributed by atoms with E-state index in [9.17, 15) is 4.79 Å². The molecule has 5 heteroatoms. The quantitative estimate of drug-likeness (QED) is 0.440. The Balaban J connectivity index is 1.55. The lowest BCUT2D eigenvalue weighted by atomic mass is 10.1. The molecule has 1 N–H and O–H groups in total. The Morgan fingerprint density at radius 3 is 3.04 bits per heavy atom. The zero-order valence-electron chi connectivity index (χ0n) is 14.8. The van der Waals surface area contributed by atoms with E-state index in [0.29, 0.717) is 13.0 Å². The number of aromatic nitrogens is 1. The van der Waals surface area contributed by atoms with E-state index in [1.54, 1.807) is 16.8 Å². The van der Waals surface area contributed by atoms with Gasteiger partial charge in [0.05, 0.1) is 28.8 Å². The van der Waals surface area contributed by atoms with Gasteiger partial charge in [0.25, 0.3) is 0 Å². The predicted molar refractivity (Wildman–Crippen MR) is 108 cm³/mol. The molecule has 0 aliphatic rings. The summed E-state index contributed by atoms with van der Waals surface area (Å²) in [5.41, 5.74) is 4.48. The fourth-order valence-electron chi connectivity index (χ4n) is 2.60. The molecule has 2 aromatic carbocycles. The van der Waals surface area contributed by atoms with Crippen LogP contribution in [-0.2, 0) is 11.2 Å². The summed E-state index contributed by atoms with van der Waals surface area (Å²) in [6.07, 6.45) is 6.50. The Morgan fingerprint density at radius 2 is 2.15 bits per heavy atom. The van der Waals surface area contributed by atoms with E-state index in [0.717, 1.165) is 40.1 Å². The summed E-state index contributed by atoms with van der Waals surface area (Å²) in [6, 6.07) is 13.5. The van der Waals surface area contributed by atoms with Crippen LogP contribution in [-0.4, -0.2) is 17.5 Å². The number of amides is 1. The van der Waals surface area contributed by atoms with E-state index in [1.165, 1.54) is 0 Å². The number of fused-ring (bicyclic) bond motifs is 1. The second-order valence-electron chi connectivity index (χ2n) is 5.92.